The van der Waals surface area contributed by atoms with Crippen LogP contribution < -0.4 is 4.90 Å². The molecule has 0 saturated carbocycles. The molecular weight excluding hydrogens is 252 g/mol. The Balaban J connectivity index is 2.17. The minimum absolute atomic E-state index is 1.01. The summed E-state index contributed by atoms with van der Waals surface area (Å²) in [5, 5.41) is 1.01. The molecule has 15 heavy (non-hydrogen) atoms. The van der Waals surface area contributed by atoms with Crippen molar-refractivity contribution < 1.29 is 0 Å². The van der Waals surface area contributed by atoms with Crippen molar-refractivity contribution in [1.29, 1.82) is 0 Å². The van der Waals surface area contributed by atoms with Gasteiger partial charge in [-0.2, -0.15) is 0 Å². The number of aryl methyl sites for hydroxylation is 1. The molecule has 0 spiro atoms. The zero-order valence-corrected chi connectivity index (χ0v) is 10.5. The number of nitrogens with zero attached hydrogens (tertiary/aromatic N) is 2. The molecule has 1 saturated heterocycles. The highest BCUT2D eigenvalue weighted by Crippen LogP contribution is 2.22. The van der Waals surface area contributed by atoms with Crippen molar-refractivity contribution >= 4 is 21.7 Å². The average Bonchev–Trinajstić information content (AvgIpc) is 2.31. The van der Waals surface area contributed by atoms with E-state index in [9.17, 15) is 0 Å². The summed E-state index contributed by atoms with van der Waals surface area (Å²) in [6.07, 6.45) is 6.97. The van der Waals surface area contributed by atoms with Gasteiger partial charge in [0.2, 0.25) is 0 Å². The lowest BCUT2D eigenvalue weighted by molar-refractivity contribution is 0.572. The van der Waals surface area contributed by atoms with Gasteiger partial charge in [-0.15, -0.1) is 0 Å². The van der Waals surface area contributed by atoms with Crippen LogP contribution in [0.1, 0.15) is 24.8 Å². The van der Waals surface area contributed by atoms with Gasteiger partial charge in [0.15, 0.2) is 0 Å². The monoisotopic (exact) mass is 268 g/mol. The van der Waals surface area contributed by atoms with Crippen LogP contribution in [0.15, 0.2) is 18.3 Å². The van der Waals surface area contributed by atoms with Gasteiger partial charge in [-0.3, -0.25) is 0 Å². The standard InChI is InChI=1S/C12H17BrN2/c13-7-6-11-5-4-8-14-12(11)15-9-2-1-3-10-15/h4-5,8H,1-3,6-7,9-10H2. The molecule has 0 aromatic carbocycles. The quantitative estimate of drug-likeness (QED) is 0.784. The number of pyridine rings is 1. The van der Waals surface area contributed by atoms with Gasteiger partial charge in [0.05, 0.1) is 0 Å². The number of alkyl halides is 1. The van der Waals surface area contributed by atoms with Crippen molar-refractivity contribution in [2.24, 2.45) is 0 Å². The Bertz CT molecular complexity index is 308. The maximum atomic E-state index is 4.53. The Morgan fingerprint density at radius 1 is 1.27 bits per heavy atom. The number of hydrogen-bond donors (Lipinski definition) is 0. The third-order valence-electron chi connectivity index (χ3n) is 2.89. The summed E-state index contributed by atoms with van der Waals surface area (Å²) in [5.41, 5.74) is 1.37. The summed E-state index contributed by atoms with van der Waals surface area (Å²) in [5.74, 6) is 1.21. The van der Waals surface area contributed by atoms with Crippen molar-refractivity contribution in [3.8, 4) is 0 Å². The first-order valence-corrected chi connectivity index (χ1v) is 6.79. The summed E-state index contributed by atoms with van der Waals surface area (Å²) in [6, 6.07) is 4.23. The lowest BCUT2D eigenvalue weighted by Crippen LogP contribution is -2.31. The molecule has 2 nitrogen and oxygen atoms in total. The SMILES string of the molecule is BrCCc1cccnc1N1CCCCC1. The van der Waals surface area contributed by atoms with Crippen LogP contribution in [0.3, 0.4) is 0 Å². The van der Waals surface area contributed by atoms with E-state index >= 15 is 0 Å². The van der Waals surface area contributed by atoms with E-state index in [0.29, 0.717) is 0 Å². The van der Waals surface area contributed by atoms with Crippen LogP contribution in [0.2, 0.25) is 0 Å². The van der Waals surface area contributed by atoms with Gasteiger partial charge in [-0.1, -0.05) is 22.0 Å². The molecular formula is C12H17BrN2. The van der Waals surface area contributed by atoms with Crippen LogP contribution >= 0.6 is 15.9 Å². The molecule has 0 bridgehead atoms. The molecule has 2 rings (SSSR count). The number of rotatable bonds is 3. The molecule has 0 N–H and O–H groups in total. The van der Waals surface area contributed by atoms with Crippen molar-refractivity contribution in [3.05, 3.63) is 23.9 Å². The summed E-state index contributed by atoms with van der Waals surface area (Å²) in [4.78, 5) is 6.96. The molecule has 1 fully saturated rings. The van der Waals surface area contributed by atoms with Crippen molar-refractivity contribution in [1.82, 2.24) is 4.98 Å². The topological polar surface area (TPSA) is 16.1 Å². The van der Waals surface area contributed by atoms with Crippen LogP contribution in [0.4, 0.5) is 5.82 Å². The van der Waals surface area contributed by atoms with E-state index in [2.05, 4.69) is 31.9 Å². The molecule has 1 aliphatic rings. The third-order valence-corrected chi connectivity index (χ3v) is 3.28. The molecule has 3 heteroatoms. The van der Waals surface area contributed by atoms with Gasteiger partial charge < -0.3 is 4.90 Å². The van der Waals surface area contributed by atoms with Gasteiger partial charge in [0.25, 0.3) is 0 Å². The van der Waals surface area contributed by atoms with Gasteiger partial charge in [-0.25, -0.2) is 4.98 Å². The maximum absolute atomic E-state index is 4.53. The summed E-state index contributed by atoms with van der Waals surface area (Å²) < 4.78 is 0. The third kappa shape index (κ3) is 2.71. The van der Waals surface area contributed by atoms with E-state index in [1.54, 1.807) is 0 Å². The second-order valence-electron chi connectivity index (χ2n) is 3.97. The fourth-order valence-corrected chi connectivity index (χ4v) is 2.54. The minimum atomic E-state index is 1.01. The largest absolute Gasteiger partial charge is 0.356 e. The average molecular weight is 269 g/mol. The molecule has 0 aliphatic carbocycles. The number of piperidine rings is 1. The Labute approximate surface area is 99.8 Å². The van der Waals surface area contributed by atoms with E-state index in [4.69, 9.17) is 0 Å². The Kier molecular flexibility index (Phi) is 4.01. The molecule has 82 valence electrons. The van der Waals surface area contributed by atoms with Crippen LogP contribution in [0.5, 0.6) is 0 Å². The fraction of sp³-hybridized carbons (Fsp3) is 0.583. The first-order chi connectivity index (χ1) is 7.42. The van der Waals surface area contributed by atoms with Gasteiger partial charge in [-0.05, 0) is 37.3 Å². The Morgan fingerprint density at radius 3 is 2.80 bits per heavy atom. The highest BCUT2D eigenvalue weighted by atomic mass is 79.9. The van der Waals surface area contributed by atoms with E-state index in [1.807, 2.05) is 12.3 Å². The Hall–Kier alpha value is -0.570. The normalized spacial score (nSPS) is 16.7. The number of anilines is 1. The predicted molar refractivity (Wildman–Crippen MR) is 67.8 cm³/mol. The molecule has 0 radical (unpaired) electrons. The lowest BCUT2D eigenvalue weighted by atomic mass is 10.1. The molecule has 2 heterocycles. The minimum Gasteiger partial charge on any atom is -0.356 e. The van der Waals surface area contributed by atoms with E-state index < -0.39 is 0 Å². The number of halogens is 1. The summed E-state index contributed by atoms with van der Waals surface area (Å²) in [7, 11) is 0. The maximum Gasteiger partial charge on any atom is 0.131 e. The van der Waals surface area contributed by atoms with Crippen molar-refractivity contribution in [3.63, 3.8) is 0 Å². The van der Waals surface area contributed by atoms with Crippen LogP contribution in [0, 0.1) is 0 Å². The molecule has 1 aromatic heterocycles. The second kappa shape index (κ2) is 5.50. The highest BCUT2D eigenvalue weighted by molar-refractivity contribution is 9.09. The van der Waals surface area contributed by atoms with Gasteiger partial charge in [0, 0.05) is 24.6 Å². The highest BCUT2D eigenvalue weighted by Gasteiger charge is 2.14. The van der Waals surface area contributed by atoms with Crippen LogP contribution in [-0.2, 0) is 6.42 Å². The second-order valence-corrected chi connectivity index (χ2v) is 4.77. The number of aromatic nitrogens is 1. The van der Waals surface area contributed by atoms with E-state index in [0.717, 1.165) is 11.8 Å². The fourth-order valence-electron chi connectivity index (χ4n) is 2.12. The zero-order valence-electron chi connectivity index (χ0n) is 8.95. The van der Waals surface area contributed by atoms with Gasteiger partial charge in [0.1, 0.15) is 5.82 Å². The molecule has 0 unspecified atom stereocenters. The molecule has 1 aromatic rings. The predicted octanol–water partition coefficient (Wildman–Crippen LogP) is 3.01. The zero-order chi connectivity index (χ0) is 10.5. The summed E-state index contributed by atoms with van der Waals surface area (Å²) in [6.45, 7) is 2.35. The number of hydrogen-bond acceptors (Lipinski definition) is 2. The van der Waals surface area contributed by atoms with Crippen molar-refractivity contribution in [2.75, 3.05) is 23.3 Å². The first kappa shape index (κ1) is 10.9. The first-order valence-electron chi connectivity index (χ1n) is 5.66. The lowest BCUT2D eigenvalue weighted by Gasteiger charge is -2.29. The molecule has 0 atom stereocenters. The molecule has 0 amide bonds. The Morgan fingerprint density at radius 2 is 2.07 bits per heavy atom. The smallest absolute Gasteiger partial charge is 0.131 e. The van der Waals surface area contributed by atoms with Gasteiger partial charge >= 0.3 is 0 Å². The summed E-state index contributed by atoms with van der Waals surface area (Å²) >= 11 is 3.50. The van der Waals surface area contributed by atoms with Crippen LogP contribution in [-0.4, -0.2) is 23.4 Å². The molecule has 1 aliphatic heterocycles. The van der Waals surface area contributed by atoms with Crippen molar-refractivity contribution in [2.45, 2.75) is 25.7 Å². The van der Waals surface area contributed by atoms with E-state index in [-0.39, 0.29) is 0 Å². The van der Waals surface area contributed by atoms with E-state index in [1.165, 1.54) is 43.7 Å². The van der Waals surface area contributed by atoms with Crippen LogP contribution in [0.25, 0.3) is 0 Å².